The average Bonchev–Trinajstić information content (AvgIpc) is 3.04. The third-order valence-electron chi connectivity index (χ3n) is 5.19. The molecule has 0 radical (unpaired) electrons. The summed E-state index contributed by atoms with van der Waals surface area (Å²) < 4.78 is 11.7. The highest BCUT2D eigenvalue weighted by atomic mass is 35.5. The Morgan fingerprint density at radius 1 is 0.677 bits per heavy atom. The maximum atomic E-state index is 13.0. The van der Waals surface area contributed by atoms with Gasteiger partial charge in [-0.05, 0) is 24.3 Å². The first-order chi connectivity index (χ1) is 14.6. The topological polar surface area (TPSA) is 76.0 Å². The van der Waals surface area contributed by atoms with Gasteiger partial charge in [0, 0.05) is 16.7 Å². The summed E-state index contributed by atoms with van der Waals surface area (Å²) in [7, 11) is 0. The highest BCUT2D eigenvalue weighted by molar-refractivity contribution is 6.53. The van der Waals surface area contributed by atoms with E-state index in [4.69, 9.17) is 79.1 Å². The Morgan fingerprint density at radius 3 is 1.68 bits per heavy atom. The SMILES string of the molecule is O=C1OC2(c3ccc(O)c(Cl)c3Oc3c2ccc(O)c3Cl)c2c(Cl)c(Cl)c(Cl)c(Cl)c21. The van der Waals surface area contributed by atoms with Gasteiger partial charge in [0.25, 0.3) is 0 Å². The van der Waals surface area contributed by atoms with Gasteiger partial charge in [0.15, 0.2) is 17.1 Å². The third-order valence-corrected chi connectivity index (χ3v) is 7.72. The van der Waals surface area contributed by atoms with Gasteiger partial charge in [0.05, 0.1) is 25.7 Å². The summed E-state index contributed by atoms with van der Waals surface area (Å²) in [5, 5.41) is 19.5. The number of phenols is 2. The number of phenolic OH excluding ortho intramolecular Hbond substituents is 2. The zero-order chi connectivity index (χ0) is 22.4. The van der Waals surface area contributed by atoms with Crippen molar-refractivity contribution >= 4 is 75.6 Å². The Kier molecular flexibility index (Phi) is 4.69. The molecule has 2 aliphatic rings. The molecule has 158 valence electrons. The van der Waals surface area contributed by atoms with Crippen LogP contribution in [0.2, 0.25) is 30.1 Å². The summed E-state index contributed by atoms with van der Waals surface area (Å²) in [5.74, 6) is -1.52. The predicted molar refractivity (Wildman–Crippen MR) is 118 cm³/mol. The molecule has 2 aliphatic heterocycles. The van der Waals surface area contributed by atoms with E-state index in [0.29, 0.717) is 0 Å². The van der Waals surface area contributed by atoms with Gasteiger partial charge in [0.2, 0.25) is 0 Å². The lowest BCUT2D eigenvalue weighted by atomic mass is 9.77. The van der Waals surface area contributed by atoms with Gasteiger partial charge in [0.1, 0.15) is 21.5 Å². The minimum Gasteiger partial charge on any atom is -0.506 e. The van der Waals surface area contributed by atoms with E-state index in [0.717, 1.165) is 0 Å². The van der Waals surface area contributed by atoms with Crippen LogP contribution in [-0.2, 0) is 10.3 Å². The van der Waals surface area contributed by atoms with Gasteiger partial charge in [-0.15, -0.1) is 0 Å². The zero-order valence-electron chi connectivity index (χ0n) is 14.7. The van der Waals surface area contributed by atoms with Crippen LogP contribution in [0.5, 0.6) is 23.0 Å². The maximum absolute atomic E-state index is 13.0. The molecule has 3 aromatic rings. The first-order valence-electron chi connectivity index (χ1n) is 8.42. The lowest BCUT2D eigenvalue weighted by Gasteiger charge is -2.37. The van der Waals surface area contributed by atoms with Crippen LogP contribution >= 0.6 is 69.6 Å². The summed E-state index contributed by atoms with van der Waals surface area (Å²) in [6.45, 7) is 0. The van der Waals surface area contributed by atoms with Crippen molar-refractivity contribution in [3.05, 3.63) is 76.7 Å². The van der Waals surface area contributed by atoms with Gasteiger partial charge in [-0.2, -0.15) is 0 Å². The molecule has 0 saturated carbocycles. The van der Waals surface area contributed by atoms with Crippen molar-refractivity contribution in [2.24, 2.45) is 0 Å². The highest BCUT2D eigenvalue weighted by Crippen LogP contribution is 2.63. The standard InChI is InChI=1S/C20H6Cl6O5/c21-11-7(27)3-1-5-17(11)30-18-6(2-4-8(28)12(18)22)20(5)10-9(19(29)31-20)13(23)15(25)16(26)14(10)24/h1-4,27-28H. The molecule has 0 fully saturated rings. The summed E-state index contributed by atoms with van der Waals surface area (Å²) in [6, 6.07) is 5.51. The summed E-state index contributed by atoms with van der Waals surface area (Å²) in [6.07, 6.45) is 0. The van der Waals surface area contributed by atoms with Crippen molar-refractivity contribution in [2.45, 2.75) is 5.60 Å². The first-order valence-corrected chi connectivity index (χ1v) is 10.7. The number of ether oxygens (including phenoxy) is 2. The molecule has 3 aromatic carbocycles. The van der Waals surface area contributed by atoms with Crippen LogP contribution in [0.25, 0.3) is 0 Å². The normalized spacial score (nSPS) is 15.2. The number of benzene rings is 3. The molecule has 0 amide bonds. The van der Waals surface area contributed by atoms with Crippen molar-refractivity contribution in [2.75, 3.05) is 0 Å². The molecule has 0 aromatic heterocycles. The summed E-state index contributed by atoms with van der Waals surface area (Å²) in [5.41, 5.74) is -1.28. The number of rotatable bonds is 0. The molecule has 0 saturated heterocycles. The predicted octanol–water partition coefficient (Wildman–Crippen LogP) is 7.59. The second kappa shape index (κ2) is 6.88. The number of hydrogen-bond donors (Lipinski definition) is 2. The monoisotopic (exact) mass is 536 g/mol. The second-order valence-electron chi connectivity index (χ2n) is 6.73. The Labute approximate surface area is 204 Å². The van der Waals surface area contributed by atoms with Gasteiger partial charge >= 0.3 is 5.97 Å². The molecule has 5 rings (SSSR count). The quantitative estimate of drug-likeness (QED) is 0.175. The number of halogens is 6. The van der Waals surface area contributed by atoms with Crippen molar-refractivity contribution in [1.29, 1.82) is 0 Å². The van der Waals surface area contributed by atoms with E-state index in [1.165, 1.54) is 24.3 Å². The van der Waals surface area contributed by atoms with Gasteiger partial charge in [-0.25, -0.2) is 4.79 Å². The fraction of sp³-hybridized carbons (Fsp3) is 0.0500. The van der Waals surface area contributed by atoms with E-state index in [9.17, 15) is 15.0 Å². The summed E-state index contributed by atoms with van der Waals surface area (Å²) in [4.78, 5) is 13.0. The molecule has 2 heterocycles. The lowest BCUT2D eigenvalue weighted by molar-refractivity contribution is 0.0224. The lowest BCUT2D eigenvalue weighted by Crippen LogP contribution is -2.33. The van der Waals surface area contributed by atoms with Gasteiger partial charge in [-0.1, -0.05) is 69.6 Å². The van der Waals surface area contributed by atoms with Crippen molar-refractivity contribution in [3.8, 4) is 23.0 Å². The van der Waals surface area contributed by atoms with E-state index in [2.05, 4.69) is 0 Å². The number of fused-ring (bicyclic) bond motifs is 6. The number of esters is 1. The average molecular weight is 539 g/mol. The Hall–Kier alpha value is -1.73. The van der Waals surface area contributed by atoms with Crippen LogP contribution < -0.4 is 4.74 Å². The van der Waals surface area contributed by atoms with Gasteiger partial charge in [-0.3, -0.25) is 0 Å². The van der Waals surface area contributed by atoms with E-state index >= 15 is 0 Å². The van der Waals surface area contributed by atoms with Crippen LogP contribution in [0.15, 0.2) is 24.3 Å². The molecule has 0 atom stereocenters. The first kappa shape index (κ1) is 21.1. The summed E-state index contributed by atoms with van der Waals surface area (Å²) >= 11 is 38.0. The van der Waals surface area contributed by atoms with Crippen molar-refractivity contribution in [3.63, 3.8) is 0 Å². The van der Waals surface area contributed by atoms with E-state index in [-0.39, 0.29) is 75.4 Å². The molecule has 0 unspecified atom stereocenters. The largest absolute Gasteiger partial charge is 0.506 e. The molecule has 11 heteroatoms. The minimum atomic E-state index is -1.75. The molecule has 2 N–H and O–H groups in total. The van der Waals surface area contributed by atoms with E-state index in [1.807, 2.05) is 0 Å². The third kappa shape index (κ3) is 2.56. The number of aromatic hydroxyl groups is 2. The number of hydrogen-bond acceptors (Lipinski definition) is 5. The van der Waals surface area contributed by atoms with Crippen LogP contribution in [0.4, 0.5) is 0 Å². The molecule has 5 nitrogen and oxygen atoms in total. The van der Waals surface area contributed by atoms with E-state index in [1.54, 1.807) is 0 Å². The number of carbonyl (C=O) groups is 1. The molecule has 31 heavy (non-hydrogen) atoms. The molecule has 0 bridgehead atoms. The molecular weight excluding hydrogens is 533 g/mol. The smallest absolute Gasteiger partial charge is 0.341 e. The van der Waals surface area contributed by atoms with Gasteiger partial charge < -0.3 is 19.7 Å². The molecule has 0 aliphatic carbocycles. The Balaban J connectivity index is 2.02. The van der Waals surface area contributed by atoms with E-state index < -0.39 is 11.6 Å². The Bertz CT molecular complexity index is 1300. The molecule has 1 spiro atoms. The van der Waals surface area contributed by atoms with Crippen molar-refractivity contribution < 1.29 is 24.5 Å². The fourth-order valence-electron chi connectivity index (χ4n) is 3.87. The van der Waals surface area contributed by atoms with Crippen molar-refractivity contribution in [1.82, 2.24) is 0 Å². The van der Waals surface area contributed by atoms with Crippen LogP contribution in [0.1, 0.15) is 27.0 Å². The Morgan fingerprint density at radius 2 is 1.16 bits per heavy atom. The minimum absolute atomic E-state index is 0.0550. The second-order valence-corrected chi connectivity index (χ2v) is 9.00. The van der Waals surface area contributed by atoms with Crippen LogP contribution in [0.3, 0.4) is 0 Å². The number of carbonyl (C=O) groups excluding carboxylic acids is 1. The maximum Gasteiger partial charge on any atom is 0.341 e. The van der Waals surface area contributed by atoms with Crippen LogP contribution in [0, 0.1) is 0 Å². The zero-order valence-corrected chi connectivity index (χ0v) is 19.2. The van der Waals surface area contributed by atoms with Crippen LogP contribution in [-0.4, -0.2) is 16.2 Å². The highest BCUT2D eigenvalue weighted by Gasteiger charge is 2.57. The molecular formula is C20H6Cl6O5. The fourth-order valence-corrected chi connectivity index (χ4v) is 5.34.